The Morgan fingerprint density at radius 1 is 1.29 bits per heavy atom. The third kappa shape index (κ3) is 3.69. The lowest BCUT2D eigenvalue weighted by atomic mass is 10.0. The Bertz CT molecular complexity index is 764. The quantitative estimate of drug-likeness (QED) is 0.331. The van der Waals surface area contributed by atoms with Crippen molar-refractivity contribution in [1.29, 1.82) is 5.26 Å². The summed E-state index contributed by atoms with van der Waals surface area (Å²) < 4.78 is 0.900. The summed E-state index contributed by atoms with van der Waals surface area (Å²) in [6, 6.07) is 13.4. The van der Waals surface area contributed by atoms with E-state index in [2.05, 4.69) is 22.0 Å². The van der Waals surface area contributed by atoms with Crippen LogP contribution in [0.1, 0.15) is 11.1 Å². The topological polar surface area (TPSA) is 66.9 Å². The zero-order valence-corrected chi connectivity index (χ0v) is 12.9. The van der Waals surface area contributed by atoms with Gasteiger partial charge in [0.15, 0.2) is 0 Å². The summed E-state index contributed by atoms with van der Waals surface area (Å²) in [6.07, 6.45) is 1.54. The van der Waals surface area contributed by atoms with Gasteiger partial charge in [0.1, 0.15) is 0 Å². The van der Waals surface area contributed by atoms with Crippen molar-refractivity contribution in [1.82, 2.24) is 0 Å². The predicted octanol–water partition coefficient (Wildman–Crippen LogP) is 5.07. The highest BCUT2D eigenvalue weighted by molar-refractivity contribution is 9.10. The van der Waals surface area contributed by atoms with E-state index in [4.69, 9.17) is 11.6 Å². The first kappa shape index (κ1) is 15.2. The molecule has 0 fully saturated rings. The van der Waals surface area contributed by atoms with E-state index in [-0.39, 0.29) is 5.69 Å². The molecule has 0 aromatic heterocycles. The van der Waals surface area contributed by atoms with Crippen molar-refractivity contribution >= 4 is 44.9 Å². The number of nitrogens with zero attached hydrogens (tertiary/aromatic N) is 2. The third-order valence-electron chi connectivity index (χ3n) is 2.77. The molecule has 2 rings (SSSR count). The summed E-state index contributed by atoms with van der Waals surface area (Å²) in [6.45, 7) is 0. The predicted molar refractivity (Wildman–Crippen MR) is 85.7 cm³/mol. The van der Waals surface area contributed by atoms with E-state index in [9.17, 15) is 15.4 Å². The Labute approximate surface area is 134 Å². The highest BCUT2D eigenvalue weighted by Crippen LogP contribution is 2.27. The largest absolute Gasteiger partial charge is 0.270 e. The maximum absolute atomic E-state index is 10.8. The Morgan fingerprint density at radius 2 is 1.95 bits per heavy atom. The third-order valence-corrected chi connectivity index (χ3v) is 3.64. The van der Waals surface area contributed by atoms with E-state index in [1.807, 2.05) is 12.1 Å². The maximum Gasteiger partial charge on any atom is 0.270 e. The molecule has 0 bridgehead atoms. The number of hydrogen-bond donors (Lipinski definition) is 0. The summed E-state index contributed by atoms with van der Waals surface area (Å²) in [7, 11) is 0. The van der Waals surface area contributed by atoms with Gasteiger partial charge in [0, 0.05) is 27.2 Å². The molecule has 0 aliphatic heterocycles. The van der Waals surface area contributed by atoms with Gasteiger partial charge in [-0.2, -0.15) is 5.26 Å². The summed E-state index contributed by atoms with van der Waals surface area (Å²) in [4.78, 5) is 10.3. The Hall–Kier alpha value is -2.16. The number of non-ortho nitro benzene ring substituents is 1. The maximum atomic E-state index is 10.8. The highest BCUT2D eigenvalue weighted by atomic mass is 79.9. The number of nitriles is 1. The lowest BCUT2D eigenvalue weighted by molar-refractivity contribution is -0.384. The first-order chi connectivity index (χ1) is 10.0. The first-order valence-electron chi connectivity index (χ1n) is 5.83. The van der Waals surface area contributed by atoms with Gasteiger partial charge in [0.25, 0.3) is 5.69 Å². The minimum absolute atomic E-state index is 0.0706. The zero-order chi connectivity index (χ0) is 15.4. The van der Waals surface area contributed by atoms with E-state index < -0.39 is 4.92 Å². The Morgan fingerprint density at radius 3 is 2.52 bits per heavy atom. The number of nitro benzene ring substituents is 1. The van der Waals surface area contributed by atoms with Crippen LogP contribution in [0.25, 0.3) is 11.6 Å². The molecule has 2 aromatic rings. The van der Waals surface area contributed by atoms with E-state index in [1.54, 1.807) is 18.2 Å². The van der Waals surface area contributed by atoms with Gasteiger partial charge < -0.3 is 0 Å². The van der Waals surface area contributed by atoms with Crippen LogP contribution in [0.5, 0.6) is 0 Å². The zero-order valence-electron chi connectivity index (χ0n) is 10.6. The van der Waals surface area contributed by atoms with Gasteiger partial charge in [-0.3, -0.25) is 10.1 Å². The molecule has 0 unspecified atom stereocenters. The van der Waals surface area contributed by atoms with Gasteiger partial charge in [-0.15, -0.1) is 0 Å². The molecule has 0 spiro atoms. The van der Waals surface area contributed by atoms with Gasteiger partial charge in [-0.05, 0) is 29.8 Å². The van der Waals surface area contributed by atoms with Crippen LogP contribution >= 0.6 is 27.5 Å². The van der Waals surface area contributed by atoms with Crippen molar-refractivity contribution in [2.75, 3.05) is 0 Å². The van der Waals surface area contributed by atoms with Crippen molar-refractivity contribution in [2.45, 2.75) is 0 Å². The van der Waals surface area contributed by atoms with Gasteiger partial charge in [-0.25, -0.2) is 0 Å². The average molecular weight is 364 g/mol. The Balaban J connectivity index is 2.50. The second-order valence-electron chi connectivity index (χ2n) is 4.14. The van der Waals surface area contributed by atoms with Crippen molar-refractivity contribution < 1.29 is 4.92 Å². The van der Waals surface area contributed by atoms with Crippen LogP contribution < -0.4 is 0 Å². The molecule has 0 atom stereocenters. The van der Waals surface area contributed by atoms with Crippen LogP contribution in [-0.4, -0.2) is 4.92 Å². The molecule has 0 saturated carbocycles. The van der Waals surface area contributed by atoms with Gasteiger partial charge in [0.05, 0.1) is 16.6 Å². The highest BCUT2D eigenvalue weighted by Gasteiger charge is 2.10. The molecule has 0 N–H and O–H groups in total. The molecule has 6 heteroatoms. The van der Waals surface area contributed by atoms with Crippen molar-refractivity contribution in [3.63, 3.8) is 0 Å². The van der Waals surface area contributed by atoms with E-state index >= 15 is 0 Å². The summed E-state index contributed by atoms with van der Waals surface area (Å²) in [5.41, 5.74) is 1.46. The number of allylic oxidation sites excluding steroid dienone is 1. The smallest absolute Gasteiger partial charge is 0.258 e. The number of halogens is 2. The van der Waals surface area contributed by atoms with Crippen molar-refractivity contribution in [2.24, 2.45) is 0 Å². The fourth-order valence-corrected chi connectivity index (χ4v) is 2.16. The second-order valence-corrected chi connectivity index (χ2v) is 5.46. The van der Waals surface area contributed by atoms with Crippen LogP contribution in [0.4, 0.5) is 5.69 Å². The molecule has 2 aromatic carbocycles. The van der Waals surface area contributed by atoms with Crippen LogP contribution in [-0.2, 0) is 0 Å². The molecular formula is C15H8BrClN2O2. The molecule has 0 aliphatic carbocycles. The SMILES string of the molecule is N#C/C(=C/c1cc([N+](=O)[O-])ccc1Cl)c1ccc(Br)cc1. The van der Waals surface area contributed by atoms with E-state index in [1.165, 1.54) is 18.2 Å². The molecule has 4 nitrogen and oxygen atoms in total. The fraction of sp³-hybridized carbons (Fsp3) is 0. The van der Waals surface area contributed by atoms with E-state index in [0.29, 0.717) is 21.7 Å². The molecule has 0 radical (unpaired) electrons. The molecule has 0 aliphatic rings. The first-order valence-corrected chi connectivity index (χ1v) is 7.00. The number of rotatable bonds is 3. The molecule has 21 heavy (non-hydrogen) atoms. The van der Waals surface area contributed by atoms with Crippen molar-refractivity contribution in [3.05, 3.63) is 73.2 Å². The van der Waals surface area contributed by atoms with Crippen LogP contribution in [0, 0.1) is 21.4 Å². The fourth-order valence-electron chi connectivity index (χ4n) is 1.72. The van der Waals surface area contributed by atoms with E-state index in [0.717, 1.165) is 4.47 Å². The summed E-state index contributed by atoms with van der Waals surface area (Å²) in [5, 5.41) is 20.4. The number of benzene rings is 2. The van der Waals surface area contributed by atoms with Crippen molar-refractivity contribution in [3.8, 4) is 6.07 Å². The Kier molecular flexibility index (Phi) is 4.73. The number of nitro groups is 1. The van der Waals surface area contributed by atoms with Crippen LogP contribution in [0.15, 0.2) is 46.9 Å². The molecule has 0 saturated heterocycles. The minimum atomic E-state index is -0.501. The molecule has 0 heterocycles. The molecular weight excluding hydrogens is 356 g/mol. The van der Waals surface area contributed by atoms with Gasteiger partial charge >= 0.3 is 0 Å². The van der Waals surface area contributed by atoms with Crippen LogP contribution in [0.3, 0.4) is 0 Å². The molecule has 104 valence electrons. The van der Waals surface area contributed by atoms with Crippen LogP contribution in [0.2, 0.25) is 5.02 Å². The average Bonchev–Trinajstić information content (AvgIpc) is 2.47. The lowest BCUT2D eigenvalue weighted by Gasteiger charge is -2.02. The summed E-state index contributed by atoms with van der Waals surface area (Å²) in [5.74, 6) is 0. The van der Waals surface area contributed by atoms with Gasteiger partial charge in [0.2, 0.25) is 0 Å². The number of hydrogen-bond acceptors (Lipinski definition) is 3. The minimum Gasteiger partial charge on any atom is -0.258 e. The normalized spacial score (nSPS) is 11.0. The lowest BCUT2D eigenvalue weighted by Crippen LogP contribution is -1.89. The molecule has 0 amide bonds. The second kappa shape index (κ2) is 6.53. The standard InChI is InChI=1S/C15H8BrClN2O2/c16-13-3-1-10(2-4-13)12(9-18)7-11-8-14(19(20)21)5-6-15(11)17/h1-8H/b12-7-. The monoisotopic (exact) mass is 362 g/mol. The summed E-state index contributed by atoms with van der Waals surface area (Å²) >= 11 is 9.35. The van der Waals surface area contributed by atoms with Gasteiger partial charge in [-0.1, -0.05) is 39.7 Å².